The molecule has 0 aliphatic rings. The number of aromatic nitrogens is 2. The van der Waals surface area contributed by atoms with Crippen LogP contribution in [0.15, 0.2) is 48.8 Å². The van der Waals surface area contributed by atoms with Gasteiger partial charge in [-0.3, -0.25) is 4.98 Å². The first-order valence-electron chi connectivity index (χ1n) is 5.40. The molecule has 1 aromatic carbocycles. The van der Waals surface area contributed by atoms with Crippen molar-refractivity contribution < 1.29 is 4.39 Å². The van der Waals surface area contributed by atoms with E-state index in [4.69, 9.17) is 11.6 Å². The summed E-state index contributed by atoms with van der Waals surface area (Å²) in [5.41, 5.74) is 2.25. The third-order valence-corrected chi connectivity index (χ3v) is 2.97. The Kier molecular flexibility index (Phi) is 2.68. The summed E-state index contributed by atoms with van der Waals surface area (Å²) in [5, 5.41) is 1.41. The van der Waals surface area contributed by atoms with E-state index in [1.807, 2.05) is 12.1 Å². The van der Waals surface area contributed by atoms with E-state index in [1.54, 1.807) is 24.5 Å². The second kappa shape index (κ2) is 4.35. The maximum atomic E-state index is 12.9. The second-order valence-corrected chi connectivity index (χ2v) is 4.30. The Morgan fingerprint density at radius 1 is 1.06 bits per heavy atom. The van der Waals surface area contributed by atoms with Crippen LogP contribution in [0.4, 0.5) is 4.39 Å². The molecular formula is C14H8ClFN2. The molecule has 0 fully saturated rings. The Bertz CT molecular complexity index is 711. The first-order chi connectivity index (χ1) is 8.74. The Balaban J connectivity index is 2.22. The van der Waals surface area contributed by atoms with Crippen molar-refractivity contribution in [1.29, 1.82) is 0 Å². The molecule has 2 aromatic heterocycles. The molecule has 2 nitrogen and oxygen atoms in total. The Hall–Kier alpha value is -2.00. The Morgan fingerprint density at radius 2 is 1.83 bits per heavy atom. The summed E-state index contributed by atoms with van der Waals surface area (Å²) in [6.07, 6.45) is 3.39. The molecule has 0 unspecified atom stereocenters. The van der Waals surface area contributed by atoms with Crippen molar-refractivity contribution >= 4 is 22.5 Å². The van der Waals surface area contributed by atoms with E-state index in [1.165, 1.54) is 12.1 Å². The third-order valence-electron chi connectivity index (χ3n) is 2.69. The van der Waals surface area contributed by atoms with Gasteiger partial charge in [-0.1, -0.05) is 11.6 Å². The van der Waals surface area contributed by atoms with Crippen molar-refractivity contribution in [2.24, 2.45) is 0 Å². The Morgan fingerprint density at radius 3 is 2.61 bits per heavy atom. The quantitative estimate of drug-likeness (QED) is 0.657. The highest BCUT2D eigenvalue weighted by Gasteiger charge is 2.07. The van der Waals surface area contributed by atoms with Gasteiger partial charge in [0, 0.05) is 23.3 Å². The third kappa shape index (κ3) is 1.93. The molecule has 0 atom stereocenters. The van der Waals surface area contributed by atoms with E-state index in [2.05, 4.69) is 9.97 Å². The molecule has 0 saturated carbocycles. The van der Waals surface area contributed by atoms with Crippen molar-refractivity contribution in [3.05, 3.63) is 59.6 Å². The van der Waals surface area contributed by atoms with Gasteiger partial charge >= 0.3 is 0 Å². The molecule has 0 spiro atoms. The Labute approximate surface area is 108 Å². The smallest absolute Gasteiger partial charge is 0.123 e. The van der Waals surface area contributed by atoms with Gasteiger partial charge < -0.3 is 0 Å². The fraction of sp³-hybridized carbons (Fsp3) is 0. The molecule has 0 radical (unpaired) electrons. The molecule has 0 N–H and O–H groups in total. The largest absolute Gasteiger partial charge is 0.264 e. The molecule has 18 heavy (non-hydrogen) atoms. The van der Waals surface area contributed by atoms with Crippen molar-refractivity contribution in [3.8, 4) is 11.3 Å². The number of pyridine rings is 2. The average molecular weight is 259 g/mol. The fourth-order valence-electron chi connectivity index (χ4n) is 1.80. The van der Waals surface area contributed by atoms with Gasteiger partial charge in [0.2, 0.25) is 0 Å². The first kappa shape index (κ1) is 11.1. The lowest BCUT2D eigenvalue weighted by molar-refractivity contribution is 0.628. The van der Waals surface area contributed by atoms with Crippen LogP contribution in [0.5, 0.6) is 0 Å². The highest BCUT2D eigenvalue weighted by Crippen LogP contribution is 2.28. The van der Waals surface area contributed by atoms with Crippen LogP contribution in [0.1, 0.15) is 0 Å². The minimum absolute atomic E-state index is 0.278. The second-order valence-electron chi connectivity index (χ2n) is 3.89. The maximum absolute atomic E-state index is 12.9. The fourth-order valence-corrected chi connectivity index (χ4v) is 2.07. The molecule has 0 saturated heterocycles. The predicted molar refractivity (Wildman–Crippen MR) is 69.9 cm³/mol. The van der Waals surface area contributed by atoms with Crippen molar-refractivity contribution in [3.63, 3.8) is 0 Å². The van der Waals surface area contributed by atoms with Crippen molar-refractivity contribution in [2.45, 2.75) is 0 Å². The topological polar surface area (TPSA) is 25.8 Å². The molecule has 88 valence electrons. The molecular weight excluding hydrogens is 251 g/mol. The summed E-state index contributed by atoms with van der Waals surface area (Å²) >= 11 is 6.19. The van der Waals surface area contributed by atoms with Crippen LogP contribution in [0.25, 0.3) is 22.2 Å². The number of halogens is 2. The number of hydrogen-bond donors (Lipinski definition) is 0. The molecule has 3 aromatic rings. The molecule has 4 heteroatoms. The maximum Gasteiger partial charge on any atom is 0.123 e. The lowest BCUT2D eigenvalue weighted by Crippen LogP contribution is -1.88. The number of rotatable bonds is 1. The number of hydrogen-bond acceptors (Lipinski definition) is 2. The molecule has 2 heterocycles. The predicted octanol–water partition coefficient (Wildman–Crippen LogP) is 4.09. The van der Waals surface area contributed by atoms with Gasteiger partial charge in [0.15, 0.2) is 0 Å². The zero-order valence-electron chi connectivity index (χ0n) is 9.27. The summed E-state index contributed by atoms with van der Waals surface area (Å²) in [5.74, 6) is -0.278. The lowest BCUT2D eigenvalue weighted by atomic mass is 10.1. The van der Waals surface area contributed by atoms with Crippen LogP contribution in [0.3, 0.4) is 0 Å². The highest BCUT2D eigenvalue weighted by molar-refractivity contribution is 6.33. The summed E-state index contributed by atoms with van der Waals surface area (Å²) in [7, 11) is 0. The van der Waals surface area contributed by atoms with E-state index < -0.39 is 0 Å². The van der Waals surface area contributed by atoms with E-state index >= 15 is 0 Å². The minimum atomic E-state index is -0.278. The van der Waals surface area contributed by atoms with Crippen LogP contribution in [0.2, 0.25) is 5.02 Å². The van der Waals surface area contributed by atoms with Crippen LogP contribution < -0.4 is 0 Å². The van der Waals surface area contributed by atoms with E-state index in [0.29, 0.717) is 10.7 Å². The van der Waals surface area contributed by atoms with Gasteiger partial charge in [0.05, 0.1) is 16.2 Å². The van der Waals surface area contributed by atoms with Gasteiger partial charge in [-0.25, -0.2) is 9.37 Å². The van der Waals surface area contributed by atoms with Crippen molar-refractivity contribution in [2.75, 3.05) is 0 Å². The van der Waals surface area contributed by atoms with Gasteiger partial charge in [-0.05, 0) is 36.4 Å². The van der Waals surface area contributed by atoms with E-state index in [0.717, 1.165) is 16.5 Å². The standard InChI is InChI=1S/C14H8ClFN2/c15-12-7-10-8-17-6-5-13(10)18-14(12)9-1-3-11(16)4-2-9/h1-8H. The van der Waals surface area contributed by atoms with Crippen molar-refractivity contribution in [1.82, 2.24) is 9.97 Å². The highest BCUT2D eigenvalue weighted by atomic mass is 35.5. The minimum Gasteiger partial charge on any atom is -0.264 e. The first-order valence-corrected chi connectivity index (χ1v) is 5.78. The number of fused-ring (bicyclic) bond motifs is 1. The summed E-state index contributed by atoms with van der Waals surface area (Å²) in [4.78, 5) is 8.50. The molecule has 0 aliphatic heterocycles. The summed E-state index contributed by atoms with van der Waals surface area (Å²) < 4.78 is 12.9. The normalized spacial score (nSPS) is 10.8. The molecule has 3 rings (SSSR count). The van der Waals surface area contributed by atoms with Crippen LogP contribution >= 0.6 is 11.6 Å². The molecule has 0 aliphatic carbocycles. The van der Waals surface area contributed by atoms with Crippen LogP contribution in [-0.2, 0) is 0 Å². The van der Waals surface area contributed by atoms with E-state index in [9.17, 15) is 4.39 Å². The monoisotopic (exact) mass is 258 g/mol. The summed E-state index contributed by atoms with van der Waals surface area (Å²) in [6, 6.07) is 9.75. The average Bonchev–Trinajstić information content (AvgIpc) is 2.39. The van der Waals surface area contributed by atoms with Gasteiger partial charge in [0.25, 0.3) is 0 Å². The van der Waals surface area contributed by atoms with Gasteiger partial charge in [-0.15, -0.1) is 0 Å². The molecule has 0 amide bonds. The number of nitrogens with zero attached hydrogens (tertiary/aromatic N) is 2. The van der Waals surface area contributed by atoms with E-state index in [-0.39, 0.29) is 5.82 Å². The van der Waals surface area contributed by atoms with Gasteiger partial charge in [0.1, 0.15) is 5.82 Å². The summed E-state index contributed by atoms with van der Waals surface area (Å²) in [6.45, 7) is 0. The molecule has 0 bridgehead atoms. The lowest BCUT2D eigenvalue weighted by Gasteiger charge is -2.05. The van der Waals surface area contributed by atoms with Crippen LogP contribution in [0, 0.1) is 5.82 Å². The SMILES string of the molecule is Fc1ccc(-c2nc3ccncc3cc2Cl)cc1. The van der Waals surface area contributed by atoms with Gasteiger partial charge in [-0.2, -0.15) is 0 Å². The van der Waals surface area contributed by atoms with Crippen LogP contribution in [-0.4, -0.2) is 9.97 Å². The number of benzene rings is 1. The zero-order valence-corrected chi connectivity index (χ0v) is 10.0. The zero-order chi connectivity index (χ0) is 12.5.